The Hall–Kier alpha value is -2.43. The molecule has 0 radical (unpaired) electrons. The zero-order valence-corrected chi connectivity index (χ0v) is 12.1. The van der Waals surface area contributed by atoms with Crippen molar-refractivity contribution in [2.75, 3.05) is 5.32 Å². The molecule has 5 heteroatoms. The van der Waals surface area contributed by atoms with Crippen molar-refractivity contribution in [3.63, 3.8) is 0 Å². The van der Waals surface area contributed by atoms with Crippen molar-refractivity contribution in [2.45, 2.75) is 26.7 Å². The molecule has 0 atom stereocenters. The van der Waals surface area contributed by atoms with Crippen LogP contribution in [-0.2, 0) is 0 Å². The van der Waals surface area contributed by atoms with Gasteiger partial charge < -0.3 is 10.4 Å². The van der Waals surface area contributed by atoms with Gasteiger partial charge in [-0.3, -0.25) is 0 Å². The second-order valence-electron chi connectivity index (χ2n) is 5.23. The van der Waals surface area contributed by atoms with Gasteiger partial charge in [0.1, 0.15) is 11.6 Å². The van der Waals surface area contributed by atoms with Crippen molar-refractivity contribution in [3.8, 4) is 0 Å². The van der Waals surface area contributed by atoms with E-state index in [4.69, 9.17) is 5.11 Å². The normalized spacial score (nSPS) is 10.7. The van der Waals surface area contributed by atoms with Crippen LogP contribution in [0.15, 0.2) is 30.3 Å². The quantitative estimate of drug-likeness (QED) is 0.889. The van der Waals surface area contributed by atoms with Crippen molar-refractivity contribution in [1.82, 2.24) is 4.98 Å². The van der Waals surface area contributed by atoms with E-state index in [9.17, 15) is 9.18 Å². The van der Waals surface area contributed by atoms with Gasteiger partial charge in [-0.1, -0.05) is 19.9 Å². The highest BCUT2D eigenvalue weighted by molar-refractivity contribution is 5.88. The van der Waals surface area contributed by atoms with Crippen LogP contribution in [0.3, 0.4) is 0 Å². The number of aromatic nitrogens is 1. The lowest BCUT2D eigenvalue weighted by Gasteiger charge is -2.12. The lowest BCUT2D eigenvalue weighted by molar-refractivity contribution is 0.0696. The fraction of sp³-hybridized carbons (Fsp3) is 0.250. The van der Waals surface area contributed by atoms with Crippen LogP contribution in [0.1, 0.15) is 41.4 Å². The molecule has 110 valence electrons. The zero-order chi connectivity index (χ0) is 15.6. The largest absolute Gasteiger partial charge is 0.478 e. The van der Waals surface area contributed by atoms with Gasteiger partial charge >= 0.3 is 5.97 Å². The number of hydrogen-bond acceptors (Lipinski definition) is 3. The van der Waals surface area contributed by atoms with Crippen LogP contribution < -0.4 is 5.32 Å². The highest BCUT2D eigenvalue weighted by Gasteiger charge is 2.12. The molecule has 0 aliphatic carbocycles. The second kappa shape index (κ2) is 5.91. The summed E-state index contributed by atoms with van der Waals surface area (Å²) in [5.41, 5.74) is 1.85. The Morgan fingerprint density at radius 1 is 1.29 bits per heavy atom. The summed E-state index contributed by atoms with van der Waals surface area (Å²) < 4.78 is 13.8. The van der Waals surface area contributed by atoms with Gasteiger partial charge in [-0.25, -0.2) is 14.2 Å². The molecule has 4 nitrogen and oxygen atoms in total. The molecule has 0 fully saturated rings. The molecule has 0 unspecified atom stereocenters. The summed E-state index contributed by atoms with van der Waals surface area (Å²) in [4.78, 5) is 15.5. The number of anilines is 2. The number of nitrogens with one attached hydrogen (secondary N) is 1. The van der Waals surface area contributed by atoms with Crippen LogP contribution in [0.5, 0.6) is 0 Å². The first-order valence-corrected chi connectivity index (χ1v) is 6.65. The van der Waals surface area contributed by atoms with E-state index in [0.29, 0.717) is 11.5 Å². The van der Waals surface area contributed by atoms with Crippen LogP contribution in [0.25, 0.3) is 0 Å². The molecule has 0 bridgehead atoms. The first kappa shape index (κ1) is 15.0. The second-order valence-corrected chi connectivity index (χ2v) is 5.23. The number of pyridine rings is 1. The van der Waals surface area contributed by atoms with Crippen molar-refractivity contribution >= 4 is 17.5 Å². The van der Waals surface area contributed by atoms with Crippen molar-refractivity contribution in [1.29, 1.82) is 0 Å². The molecule has 1 aromatic carbocycles. The maximum absolute atomic E-state index is 13.8. The first-order valence-electron chi connectivity index (χ1n) is 6.65. The number of halogens is 1. The van der Waals surface area contributed by atoms with E-state index >= 15 is 0 Å². The summed E-state index contributed by atoms with van der Waals surface area (Å²) >= 11 is 0. The van der Waals surface area contributed by atoms with E-state index in [1.54, 1.807) is 19.1 Å². The number of hydrogen-bond donors (Lipinski definition) is 2. The zero-order valence-electron chi connectivity index (χ0n) is 12.1. The minimum Gasteiger partial charge on any atom is -0.478 e. The summed E-state index contributed by atoms with van der Waals surface area (Å²) in [5.74, 6) is -1.04. The predicted molar refractivity (Wildman–Crippen MR) is 79.7 cm³/mol. The van der Waals surface area contributed by atoms with E-state index in [1.807, 2.05) is 13.8 Å². The number of carbonyl (C=O) groups is 1. The molecule has 0 aliphatic heterocycles. The molecule has 2 N–H and O–H groups in total. The topological polar surface area (TPSA) is 62.2 Å². The smallest absolute Gasteiger partial charge is 0.335 e. The fourth-order valence-electron chi connectivity index (χ4n) is 1.89. The molecular formula is C16H17FN2O2. The number of benzene rings is 1. The molecule has 1 heterocycles. The number of rotatable bonds is 4. The molecule has 21 heavy (non-hydrogen) atoms. The van der Waals surface area contributed by atoms with E-state index in [0.717, 1.165) is 5.56 Å². The van der Waals surface area contributed by atoms with E-state index in [2.05, 4.69) is 10.3 Å². The van der Waals surface area contributed by atoms with Gasteiger partial charge in [-0.05, 0) is 42.7 Å². The third-order valence-corrected chi connectivity index (χ3v) is 3.07. The lowest BCUT2D eigenvalue weighted by Crippen LogP contribution is -2.05. The maximum Gasteiger partial charge on any atom is 0.335 e. The van der Waals surface area contributed by atoms with Gasteiger partial charge in [0.15, 0.2) is 0 Å². The summed E-state index contributed by atoms with van der Waals surface area (Å²) in [6, 6.07) is 7.72. The van der Waals surface area contributed by atoms with Crippen molar-refractivity contribution in [3.05, 3.63) is 53.0 Å². The molecule has 2 rings (SSSR count). The van der Waals surface area contributed by atoms with Gasteiger partial charge in [0, 0.05) is 5.69 Å². The van der Waals surface area contributed by atoms with E-state index in [-0.39, 0.29) is 17.2 Å². The highest BCUT2D eigenvalue weighted by Crippen LogP contribution is 2.23. The third-order valence-electron chi connectivity index (χ3n) is 3.07. The Morgan fingerprint density at radius 3 is 2.57 bits per heavy atom. The maximum atomic E-state index is 13.8. The van der Waals surface area contributed by atoms with E-state index < -0.39 is 11.8 Å². The number of carboxylic acid groups (broad SMARTS) is 1. The molecule has 1 aromatic heterocycles. The van der Waals surface area contributed by atoms with E-state index in [1.165, 1.54) is 18.2 Å². The average molecular weight is 288 g/mol. The summed E-state index contributed by atoms with van der Waals surface area (Å²) in [7, 11) is 0. The highest BCUT2D eigenvalue weighted by atomic mass is 19.1. The lowest BCUT2D eigenvalue weighted by atomic mass is 10.1. The monoisotopic (exact) mass is 288 g/mol. The standard InChI is InChI=1S/C16H17FN2O2/c1-9(2)14-7-11(16(20)21)8-15(19-14)18-13-5-4-10(3)6-12(13)17/h4-9H,1-3H3,(H,18,19)(H,20,21). The average Bonchev–Trinajstić information content (AvgIpc) is 2.41. The Balaban J connectivity index is 2.41. The van der Waals surface area contributed by atoms with Gasteiger partial charge in [0.05, 0.1) is 11.3 Å². The van der Waals surface area contributed by atoms with Crippen LogP contribution >= 0.6 is 0 Å². The van der Waals surface area contributed by atoms with Crippen LogP contribution in [-0.4, -0.2) is 16.1 Å². The van der Waals surface area contributed by atoms with Gasteiger partial charge in [-0.2, -0.15) is 0 Å². The van der Waals surface area contributed by atoms with Crippen molar-refractivity contribution in [2.24, 2.45) is 0 Å². The molecule has 0 spiro atoms. The first-order chi connectivity index (χ1) is 9.86. The molecule has 0 aliphatic rings. The van der Waals surface area contributed by atoms with Crippen LogP contribution in [0, 0.1) is 12.7 Å². The minimum atomic E-state index is -1.04. The van der Waals surface area contributed by atoms with Gasteiger partial charge in [-0.15, -0.1) is 0 Å². The molecule has 2 aromatic rings. The van der Waals surface area contributed by atoms with Gasteiger partial charge in [0.25, 0.3) is 0 Å². The number of aryl methyl sites for hydroxylation is 1. The Labute approximate surface area is 122 Å². The molecule has 0 saturated carbocycles. The van der Waals surface area contributed by atoms with Crippen LogP contribution in [0.2, 0.25) is 0 Å². The van der Waals surface area contributed by atoms with Crippen molar-refractivity contribution < 1.29 is 14.3 Å². The number of aromatic carboxylic acids is 1. The third kappa shape index (κ3) is 3.56. The Morgan fingerprint density at radius 2 is 2.00 bits per heavy atom. The number of nitrogens with zero attached hydrogens (tertiary/aromatic N) is 1. The summed E-state index contributed by atoms with van der Waals surface area (Å²) in [6.07, 6.45) is 0. The SMILES string of the molecule is Cc1ccc(Nc2cc(C(=O)O)cc(C(C)C)n2)c(F)c1. The van der Waals surface area contributed by atoms with Crippen LogP contribution in [0.4, 0.5) is 15.9 Å². The molecule has 0 saturated heterocycles. The summed E-state index contributed by atoms with van der Waals surface area (Å²) in [5, 5.41) is 12.0. The predicted octanol–water partition coefficient (Wildman–Crippen LogP) is 4.09. The van der Waals surface area contributed by atoms with Gasteiger partial charge in [0.2, 0.25) is 0 Å². The molecule has 0 amide bonds. The minimum absolute atomic E-state index is 0.0766. The number of carboxylic acids is 1. The molecular weight excluding hydrogens is 271 g/mol. The summed E-state index contributed by atoms with van der Waals surface area (Å²) in [6.45, 7) is 5.64. The fourth-order valence-corrected chi connectivity index (χ4v) is 1.89. The Kier molecular flexibility index (Phi) is 4.21. The Bertz CT molecular complexity index is 684.